The van der Waals surface area contributed by atoms with Crippen LogP contribution in [0.1, 0.15) is 200 Å². The molecule has 0 aromatic rings. The molecular weight excluding hydrogens is 814 g/mol. The molecule has 0 aliphatic carbocycles. The first-order valence-electron chi connectivity index (χ1n) is 25.1. The summed E-state index contributed by atoms with van der Waals surface area (Å²) in [7, 11) is 1.10. The molecule has 11 heteroatoms. The minimum Gasteiger partial charge on any atom is -0.756 e. The molecule has 10 nitrogen and oxygen atoms in total. The normalized spacial score (nSPS) is 14.5. The lowest BCUT2D eigenvalue weighted by atomic mass is 10.0. The van der Waals surface area contributed by atoms with E-state index in [0.29, 0.717) is 30.3 Å². The molecule has 0 saturated carbocycles. The van der Waals surface area contributed by atoms with Gasteiger partial charge in [0.1, 0.15) is 19.8 Å². The van der Waals surface area contributed by atoms with Gasteiger partial charge in [-0.2, -0.15) is 0 Å². The van der Waals surface area contributed by atoms with Gasteiger partial charge in [-0.25, -0.2) is 0 Å². The number of quaternary nitrogens is 1. The molecule has 3 atom stereocenters. The van der Waals surface area contributed by atoms with E-state index in [1.807, 2.05) is 70.6 Å². The second-order valence-electron chi connectivity index (χ2n) is 18.0. The third-order valence-electron chi connectivity index (χ3n) is 10.6. The van der Waals surface area contributed by atoms with E-state index in [1.165, 1.54) is 116 Å². The molecule has 0 radical (unpaired) electrons. The van der Waals surface area contributed by atoms with Crippen LogP contribution >= 0.6 is 7.82 Å². The van der Waals surface area contributed by atoms with Crippen molar-refractivity contribution in [3.8, 4) is 0 Å². The number of esters is 2. The van der Waals surface area contributed by atoms with Crippen LogP contribution in [0.5, 0.6) is 0 Å². The highest BCUT2D eigenvalue weighted by Crippen LogP contribution is 2.38. The number of phosphoric acid groups is 1. The molecule has 0 aromatic heterocycles. The number of likely N-dealkylation sites (N-methyl/N-ethyl adjacent to an activating group) is 1. The van der Waals surface area contributed by atoms with E-state index in [-0.39, 0.29) is 26.1 Å². The molecule has 0 bridgehead atoms. The molecule has 2 unspecified atom stereocenters. The summed E-state index contributed by atoms with van der Waals surface area (Å²) < 4.78 is 33.9. The van der Waals surface area contributed by atoms with Crippen molar-refractivity contribution >= 4 is 19.8 Å². The molecule has 0 rings (SSSR count). The zero-order valence-electron chi connectivity index (χ0n) is 40.9. The molecule has 63 heavy (non-hydrogen) atoms. The summed E-state index contributed by atoms with van der Waals surface area (Å²) in [6.45, 7) is 3.93. The highest BCUT2D eigenvalue weighted by atomic mass is 31.2. The molecule has 0 saturated heterocycles. The quantitative estimate of drug-likeness (QED) is 0.0158. The Bertz CT molecular complexity index is 1270. The van der Waals surface area contributed by atoms with Gasteiger partial charge in [0, 0.05) is 12.8 Å². The maximum atomic E-state index is 12.7. The van der Waals surface area contributed by atoms with Gasteiger partial charge in [0.25, 0.3) is 7.82 Å². The van der Waals surface area contributed by atoms with E-state index in [2.05, 4.69) is 25.2 Å². The van der Waals surface area contributed by atoms with Crippen LogP contribution in [0.2, 0.25) is 0 Å². The smallest absolute Gasteiger partial charge is 0.306 e. The van der Waals surface area contributed by atoms with Crippen molar-refractivity contribution in [3.63, 3.8) is 0 Å². The summed E-state index contributed by atoms with van der Waals surface area (Å²) in [5.41, 5.74) is 0. The lowest BCUT2D eigenvalue weighted by Gasteiger charge is -2.28. The highest BCUT2D eigenvalue weighted by molar-refractivity contribution is 7.45. The Kier molecular flexibility index (Phi) is 41.9. The second-order valence-corrected chi connectivity index (χ2v) is 19.4. The number of aliphatic hydroxyl groups excluding tert-OH is 1. The van der Waals surface area contributed by atoms with Crippen LogP contribution in [0.15, 0.2) is 60.8 Å². The Balaban J connectivity index is 4.34. The van der Waals surface area contributed by atoms with Crippen molar-refractivity contribution in [3.05, 3.63) is 60.8 Å². The van der Waals surface area contributed by atoms with Crippen molar-refractivity contribution in [1.29, 1.82) is 0 Å². The zero-order chi connectivity index (χ0) is 46.5. The van der Waals surface area contributed by atoms with Gasteiger partial charge in [0.15, 0.2) is 6.10 Å². The first-order valence-corrected chi connectivity index (χ1v) is 26.6. The van der Waals surface area contributed by atoms with Gasteiger partial charge in [-0.15, -0.1) is 0 Å². The molecule has 0 amide bonds. The van der Waals surface area contributed by atoms with E-state index in [4.69, 9.17) is 18.5 Å². The highest BCUT2D eigenvalue weighted by Gasteiger charge is 2.21. The van der Waals surface area contributed by atoms with Crippen molar-refractivity contribution in [1.82, 2.24) is 0 Å². The maximum Gasteiger partial charge on any atom is 0.306 e. The van der Waals surface area contributed by atoms with Gasteiger partial charge in [-0.1, -0.05) is 203 Å². The average Bonchev–Trinajstić information content (AvgIpc) is 3.23. The Morgan fingerprint density at radius 2 is 1.10 bits per heavy atom. The Labute approximate surface area is 386 Å². The maximum absolute atomic E-state index is 12.7. The third-order valence-corrected chi connectivity index (χ3v) is 11.6. The van der Waals surface area contributed by atoms with Gasteiger partial charge >= 0.3 is 11.9 Å². The molecular formula is C52H94NO9P. The van der Waals surface area contributed by atoms with Crippen molar-refractivity contribution in [2.45, 2.75) is 212 Å². The second kappa shape index (κ2) is 43.6. The van der Waals surface area contributed by atoms with Crippen LogP contribution in [-0.4, -0.2) is 81.2 Å². The van der Waals surface area contributed by atoms with Gasteiger partial charge in [0.05, 0.1) is 33.9 Å². The van der Waals surface area contributed by atoms with Crippen LogP contribution in [0.4, 0.5) is 0 Å². The van der Waals surface area contributed by atoms with Crippen LogP contribution in [0.25, 0.3) is 0 Å². The molecule has 0 spiro atoms. The summed E-state index contributed by atoms with van der Waals surface area (Å²) in [5, 5.41) is 9.79. The van der Waals surface area contributed by atoms with Gasteiger partial charge in [0.2, 0.25) is 0 Å². The zero-order valence-corrected chi connectivity index (χ0v) is 41.8. The fourth-order valence-corrected chi connectivity index (χ4v) is 7.44. The topological polar surface area (TPSA) is 131 Å². The van der Waals surface area contributed by atoms with Gasteiger partial charge in [-0.3, -0.25) is 14.2 Å². The summed E-state index contributed by atoms with van der Waals surface area (Å²) in [6, 6.07) is 0. The lowest BCUT2D eigenvalue weighted by molar-refractivity contribution is -0.870. The van der Waals surface area contributed by atoms with Gasteiger partial charge in [-0.05, 0) is 44.9 Å². The number of unbranched alkanes of at least 4 members (excludes halogenated alkanes) is 21. The monoisotopic (exact) mass is 908 g/mol. The summed E-state index contributed by atoms with van der Waals surface area (Å²) in [5.74, 6) is -0.922. The summed E-state index contributed by atoms with van der Waals surface area (Å²) >= 11 is 0. The number of phosphoric ester groups is 1. The fraction of sp³-hybridized carbons (Fsp3) is 0.769. The number of aliphatic hydroxyl groups is 1. The number of carbonyl (C=O) groups excluding carboxylic acids is 2. The average molecular weight is 908 g/mol. The number of rotatable bonds is 45. The van der Waals surface area contributed by atoms with Crippen molar-refractivity contribution < 1.29 is 47.2 Å². The molecule has 0 heterocycles. The lowest BCUT2D eigenvalue weighted by Crippen LogP contribution is -2.37. The molecule has 0 fully saturated rings. The SMILES string of the molecule is CC/C=C\C(O)C/C=C/C=C\C/C=C\C/C=C\CCCC(=O)O[C@H](COC(=O)CCCCCCCCCCCCCCCCCCCCCCC)COP(=O)([O-])OCC[N+](C)(C)C. The van der Waals surface area contributed by atoms with E-state index in [0.717, 1.165) is 38.5 Å². The Morgan fingerprint density at radius 3 is 1.63 bits per heavy atom. The van der Waals surface area contributed by atoms with E-state index >= 15 is 0 Å². The standard InChI is InChI=1S/C52H94NO9P/c1-6-8-10-11-12-13-14-15-16-17-18-19-20-21-22-23-27-30-33-36-39-43-51(55)59-47-50(48-61-63(57,58)60-46-45-53(3,4)5)62-52(56)44-40-37-34-31-28-25-24-26-29-32-35-38-42-49(54)41-9-7-2/h9,24-25,29,31-32,34-35,38,41,49-50,54H,6-8,10-23,26-28,30,33,36-37,39-40,42-48H2,1-5H3/b25-24-,32-29-,34-31-,38-35+,41-9-/t49?,50-/m1/s1. The minimum absolute atomic E-state index is 0.0503. The molecule has 1 N–H and O–H groups in total. The van der Waals surface area contributed by atoms with Gasteiger partial charge < -0.3 is 33.0 Å². The van der Waals surface area contributed by atoms with Crippen molar-refractivity contribution in [2.24, 2.45) is 0 Å². The molecule has 366 valence electrons. The summed E-state index contributed by atoms with van der Waals surface area (Å²) in [6.07, 6.45) is 50.3. The van der Waals surface area contributed by atoms with E-state index in [9.17, 15) is 24.2 Å². The summed E-state index contributed by atoms with van der Waals surface area (Å²) in [4.78, 5) is 37.7. The molecule has 0 aliphatic rings. The first kappa shape index (κ1) is 60.7. The first-order chi connectivity index (χ1) is 30.4. The minimum atomic E-state index is -4.66. The molecule has 0 aliphatic heterocycles. The van der Waals surface area contributed by atoms with Crippen LogP contribution in [0, 0.1) is 0 Å². The number of hydrogen-bond acceptors (Lipinski definition) is 9. The Hall–Kier alpha value is -2.33. The number of carbonyl (C=O) groups is 2. The third kappa shape index (κ3) is 47.5. The van der Waals surface area contributed by atoms with Crippen LogP contribution < -0.4 is 4.89 Å². The number of hydrogen-bond donors (Lipinski definition) is 1. The van der Waals surface area contributed by atoms with Crippen LogP contribution in [-0.2, 0) is 32.7 Å². The number of nitrogens with zero attached hydrogens (tertiary/aromatic N) is 1. The fourth-order valence-electron chi connectivity index (χ4n) is 6.71. The predicted octanol–water partition coefficient (Wildman–Crippen LogP) is 13.1. The number of ether oxygens (including phenoxy) is 2. The van der Waals surface area contributed by atoms with E-state index < -0.39 is 38.6 Å². The van der Waals surface area contributed by atoms with Crippen molar-refractivity contribution in [2.75, 3.05) is 47.5 Å². The van der Waals surface area contributed by atoms with E-state index in [1.54, 1.807) is 0 Å². The Morgan fingerprint density at radius 1 is 0.603 bits per heavy atom. The van der Waals surface area contributed by atoms with Crippen LogP contribution in [0.3, 0.4) is 0 Å². The number of allylic oxidation sites excluding steroid dienone is 8. The molecule has 0 aromatic carbocycles. The largest absolute Gasteiger partial charge is 0.756 e. The predicted molar refractivity (Wildman–Crippen MR) is 260 cm³/mol.